The zero-order valence-electron chi connectivity index (χ0n) is 9.70. The molecule has 1 aliphatic rings. The van der Waals surface area contributed by atoms with Gasteiger partial charge in [-0.05, 0) is 36.3 Å². The first-order chi connectivity index (χ1) is 7.09. The number of anilines is 1. The third-order valence-electron chi connectivity index (χ3n) is 3.47. The lowest BCUT2D eigenvalue weighted by molar-refractivity contribution is 0.397. The summed E-state index contributed by atoms with van der Waals surface area (Å²) in [4.78, 5) is 0. The summed E-state index contributed by atoms with van der Waals surface area (Å²) in [6, 6.07) is 2.00. The van der Waals surface area contributed by atoms with E-state index in [-0.39, 0.29) is 0 Å². The smallest absolute Gasteiger partial charge is 0.146 e. The molecule has 0 saturated heterocycles. The highest BCUT2D eigenvalue weighted by Crippen LogP contribution is 2.40. The van der Waals surface area contributed by atoms with Crippen LogP contribution in [0.15, 0.2) is 6.07 Å². The van der Waals surface area contributed by atoms with Crippen molar-refractivity contribution in [2.24, 2.45) is 5.92 Å². The van der Waals surface area contributed by atoms with E-state index in [2.05, 4.69) is 31.0 Å². The molecule has 0 radical (unpaired) electrons. The van der Waals surface area contributed by atoms with E-state index in [1.165, 1.54) is 24.1 Å². The predicted molar refractivity (Wildman–Crippen MR) is 61.7 cm³/mol. The van der Waals surface area contributed by atoms with Gasteiger partial charge in [0.1, 0.15) is 5.82 Å². The zero-order chi connectivity index (χ0) is 11.0. The monoisotopic (exact) mass is 205 g/mol. The maximum Gasteiger partial charge on any atom is 0.146 e. The van der Waals surface area contributed by atoms with Gasteiger partial charge in [-0.25, -0.2) is 0 Å². The van der Waals surface area contributed by atoms with Crippen molar-refractivity contribution >= 4 is 5.82 Å². The Morgan fingerprint density at radius 1 is 1.33 bits per heavy atom. The number of nitrogen functional groups attached to an aromatic ring is 1. The van der Waals surface area contributed by atoms with Crippen LogP contribution in [0, 0.1) is 5.92 Å². The Morgan fingerprint density at radius 2 is 2.07 bits per heavy atom. The van der Waals surface area contributed by atoms with Crippen LogP contribution in [0.2, 0.25) is 0 Å². The molecule has 3 heteroatoms. The summed E-state index contributed by atoms with van der Waals surface area (Å²) in [6.07, 6.45) is 2.46. The SMILES string of the molecule is CC1CCC(C(C)C)c2nnc(N)cc21. The van der Waals surface area contributed by atoms with E-state index in [4.69, 9.17) is 5.73 Å². The van der Waals surface area contributed by atoms with Gasteiger partial charge in [0.2, 0.25) is 0 Å². The second-order valence-electron chi connectivity index (χ2n) is 4.94. The summed E-state index contributed by atoms with van der Waals surface area (Å²) in [5.41, 5.74) is 8.18. The van der Waals surface area contributed by atoms with Crippen LogP contribution in [-0.4, -0.2) is 10.2 Å². The lowest BCUT2D eigenvalue weighted by Crippen LogP contribution is -2.19. The summed E-state index contributed by atoms with van der Waals surface area (Å²) in [6.45, 7) is 6.75. The second kappa shape index (κ2) is 3.80. The summed E-state index contributed by atoms with van der Waals surface area (Å²) in [5.74, 6) is 2.32. The zero-order valence-corrected chi connectivity index (χ0v) is 9.70. The summed E-state index contributed by atoms with van der Waals surface area (Å²) in [7, 11) is 0. The quantitative estimate of drug-likeness (QED) is 0.767. The van der Waals surface area contributed by atoms with Crippen molar-refractivity contribution < 1.29 is 0 Å². The molecule has 0 bridgehead atoms. The molecule has 2 unspecified atom stereocenters. The fourth-order valence-corrected chi connectivity index (χ4v) is 2.49. The average molecular weight is 205 g/mol. The molecule has 2 rings (SSSR count). The molecule has 0 fully saturated rings. The van der Waals surface area contributed by atoms with Crippen molar-refractivity contribution in [1.82, 2.24) is 10.2 Å². The highest BCUT2D eigenvalue weighted by Gasteiger charge is 2.28. The van der Waals surface area contributed by atoms with Crippen LogP contribution in [0.5, 0.6) is 0 Å². The van der Waals surface area contributed by atoms with E-state index in [0.29, 0.717) is 23.6 Å². The Kier molecular flexibility index (Phi) is 2.63. The Balaban J connectivity index is 2.45. The highest BCUT2D eigenvalue weighted by atomic mass is 15.1. The van der Waals surface area contributed by atoms with E-state index < -0.39 is 0 Å². The molecule has 82 valence electrons. The fourth-order valence-electron chi connectivity index (χ4n) is 2.49. The standard InChI is InChI=1S/C12H19N3/c1-7(2)9-5-4-8(3)10-6-11(13)14-15-12(9)10/h6-9H,4-5H2,1-3H3,(H2,13,14). The lowest BCUT2D eigenvalue weighted by atomic mass is 9.76. The lowest BCUT2D eigenvalue weighted by Gasteiger charge is -2.30. The van der Waals surface area contributed by atoms with Crippen LogP contribution in [0.1, 0.15) is 56.7 Å². The molecule has 0 spiro atoms. The molecule has 1 aliphatic carbocycles. The number of aromatic nitrogens is 2. The number of nitrogens with two attached hydrogens (primary N) is 1. The van der Waals surface area contributed by atoms with Gasteiger partial charge in [0.05, 0.1) is 5.69 Å². The number of hydrogen-bond donors (Lipinski definition) is 1. The van der Waals surface area contributed by atoms with Crippen LogP contribution < -0.4 is 5.73 Å². The van der Waals surface area contributed by atoms with E-state index in [9.17, 15) is 0 Å². The minimum atomic E-state index is 0.546. The first kappa shape index (κ1) is 10.4. The Labute approximate surface area is 91.1 Å². The van der Waals surface area contributed by atoms with Gasteiger partial charge in [-0.1, -0.05) is 20.8 Å². The predicted octanol–water partition coefficient (Wildman–Crippen LogP) is 2.70. The Hall–Kier alpha value is -1.12. The molecule has 0 amide bonds. The second-order valence-corrected chi connectivity index (χ2v) is 4.94. The Morgan fingerprint density at radius 3 is 2.73 bits per heavy atom. The highest BCUT2D eigenvalue weighted by molar-refractivity contribution is 5.38. The average Bonchev–Trinajstić information content (AvgIpc) is 2.19. The molecular weight excluding hydrogens is 186 g/mol. The van der Waals surface area contributed by atoms with Crippen molar-refractivity contribution in [2.45, 2.75) is 45.4 Å². The van der Waals surface area contributed by atoms with Gasteiger partial charge in [0.15, 0.2) is 0 Å². The van der Waals surface area contributed by atoms with Crippen molar-refractivity contribution in [3.05, 3.63) is 17.3 Å². The molecule has 0 aliphatic heterocycles. The Bertz CT molecular complexity index is 360. The first-order valence-electron chi connectivity index (χ1n) is 5.72. The topological polar surface area (TPSA) is 51.8 Å². The van der Waals surface area contributed by atoms with E-state index >= 15 is 0 Å². The van der Waals surface area contributed by atoms with E-state index in [0.717, 1.165) is 0 Å². The maximum atomic E-state index is 5.69. The third-order valence-corrected chi connectivity index (χ3v) is 3.47. The van der Waals surface area contributed by atoms with Gasteiger partial charge in [-0.15, -0.1) is 5.10 Å². The van der Waals surface area contributed by atoms with Crippen molar-refractivity contribution in [3.8, 4) is 0 Å². The van der Waals surface area contributed by atoms with Crippen molar-refractivity contribution in [2.75, 3.05) is 5.73 Å². The molecular formula is C12H19N3. The molecule has 1 heterocycles. The number of nitrogens with zero attached hydrogens (tertiary/aromatic N) is 2. The minimum Gasteiger partial charge on any atom is -0.382 e. The molecule has 1 aromatic rings. The van der Waals surface area contributed by atoms with Gasteiger partial charge in [-0.2, -0.15) is 5.10 Å². The van der Waals surface area contributed by atoms with Crippen LogP contribution in [0.4, 0.5) is 5.82 Å². The van der Waals surface area contributed by atoms with Crippen LogP contribution in [0.3, 0.4) is 0 Å². The minimum absolute atomic E-state index is 0.546. The third kappa shape index (κ3) is 1.83. The molecule has 2 N–H and O–H groups in total. The maximum absolute atomic E-state index is 5.69. The van der Waals surface area contributed by atoms with E-state index in [1.54, 1.807) is 0 Å². The normalized spacial score (nSPS) is 25.3. The number of fused-ring (bicyclic) bond motifs is 1. The number of hydrogen-bond acceptors (Lipinski definition) is 3. The largest absolute Gasteiger partial charge is 0.382 e. The van der Waals surface area contributed by atoms with Gasteiger partial charge in [-0.3, -0.25) is 0 Å². The summed E-state index contributed by atoms with van der Waals surface area (Å²) >= 11 is 0. The van der Waals surface area contributed by atoms with E-state index in [1.807, 2.05) is 6.07 Å². The van der Waals surface area contributed by atoms with Gasteiger partial charge >= 0.3 is 0 Å². The fraction of sp³-hybridized carbons (Fsp3) is 0.667. The molecule has 15 heavy (non-hydrogen) atoms. The molecule has 3 nitrogen and oxygen atoms in total. The summed E-state index contributed by atoms with van der Waals surface area (Å²) < 4.78 is 0. The molecule has 2 atom stereocenters. The van der Waals surface area contributed by atoms with Gasteiger partial charge in [0.25, 0.3) is 0 Å². The first-order valence-corrected chi connectivity index (χ1v) is 5.72. The molecule has 0 saturated carbocycles. The molecule has 1 aromatic heterocycles. The van der Waals surface area contributed by atoms with Crippen LogP contribution >= 0.6 is 0 Å². The van der Waals surface area contributed by atoms with Crippen LogP contribution in [0.25, 0.3) is 0 Å². The van der Waals surface area contributed by atoms with Gasteiger partial charge < -0.3 is 5.73 Å². The van der Waals surface area contributed by atoms with Gasteiger partial charge in [0, 0.05) is 5.92 Å². The van der Waals surface area contributed by atoms with Crippen LogP contribution in [-0.2, 0) is 0 Å². The number of rotatable bonds is 1. The summed E-state index contributed by atoms with van der Waals surface area (Å²) in [5, 5.41) is 8.28. The van der Waals surface area contributed by atoms with Crippen molar-refractivity contribution in [3.63, 3.8) is 0 Å². The van der Waals surface area contributed by atoms with Crippen molar-refractivity contribution in [1.29, 1.82) is 0 Å². The molecule has 0 aromatic carbocycles.